The molecule has 24 heavy (non-hydrogen) atoms. The first-order valence-corrected chi connectivity index (χ1v) is 6.92. The number of nitrogens with two attached hydrogens (primary N) is 1. The van der Waals surface area contributed by atoms with Gasteiger partial charge < -0.3 is 16.4 Å². The zero-order chi connectivity index (χ0) is 17.9. The molecule has 0 saturated carbocycles. The molecule has 0 fully saturated rings. The predicted octanol–water partition coefficient (Wildman–Crippen LogP) is 1.54. The molecule has 1 aromatic heterocycles. The third-order valence-corrected chi connectivity index (χ3v) is 3.23. The number of nitro groups is 1. The maximum atomic E-state index is 12.1. The van der Waals surface area contributed by atoms with Gasteiger partial charge in [-0.15, -0.1) is 0 Å². The van der Waals surface area contributed by atoms with E-state index < -0.39 is 16.9 Å². The Morgan fingerprint density at radius 1 is 1.29 bits per heavy atom. The van der Waals surface area contributed by atoms with Crippen LogP contribution in [0.5, 0.6) is 0 Å². The van der Waals surface area contributed by atoms with Crippen molar-refractivity contribution in [2.24, 2.45) is 5.73 Å². The summed E-state index contributed by atoms with van der Waals surface area (Å²) < 4.78 is 1.27. The Labute approximate surface area is 136 Å². The fraction of sp³-hybridized carbons (Fsp3) is 0.214. The smallest absolute Gasteiger partial charge is 0.316 e. The van der Waals surface area contributed by atoms with Gasteiger partial charge in [0.1, 0.15) is 17.9 Å². The van der Waals surface area contributed by atoms with Gasteiger partial charge in [-0.3, -0.25) is 19.6 Å². The van der Waals surface area contributed by atoms with E-state index in [2.05, 4.69) is 15.7 Å². The lowest BCUT2D eigenvalue weighted by molar-refractivity contribution is -0.386. The third kappa shape index (κ3) is 3.85. The minimum Gasteiger partial charge on any atom is -0.351 e. The summed E-state index contributed by atoms with van der Waals surface area (Å²) in [6.07, 6.45) is 0. The molecule has 0 atom stereocenters. The van der Waals surface area contributed by atoms with E-state index in [1.165, 1.54) is 24.6 Å². The van der Waals surface area contributed by atoms with Gasteiger partial charge in [0, 0.05) is 11.4 Å². The second kappa shape index (κ2) is 6.77. The molecule has 2 rings (SSSR count). The molecule has 1 heterocycles. The van der Waals surface area contributed by atoms with E-state index in [4.69, 9.17) is 5.73 Å². The normalized spacial score (nSPS) is 10.2. The molecular formula is C14H16N6O4. The van der Waals surface area contributed by atoms with E-state index in [1.807, 2.05) is 0 Å². The monoisotopic (exact) mass is 332 g/mol. The number of carbonyl (C=O) groups is 2. The Morgan fingerprint density at radius 3 is 2.46 bits per heavy atom. The van der Waals surface area contributed by atoms with Crippen molar-refractivity contribution in [3.8, 4) is 0 Å². The molecule has 4 N–H and O–H groups in total. The molecule has 0 aliphatic heterocycles. The van der Waals surface area contributed by atoms with Gasteiger partial charge in [-0.2, -0.15) is 5.10 Å². The first-order chi connectivity index (χ1) is 11.3. The molecule has 3 amide bonds. The number of primary amides is 1. The van der Waals surface area contributed by atoms with E-state index in [1.54, 1.807) is 18.2 Å². The number of hydrogen-bond acceptors (Lipinski definition) is 5. The number of hydrogen-bond donors (Lipinski definition) is 3. The van der Waals surface area contributed by atoms with Crippen LogP contribution in [0.1, 0.15) is 11.4 Å². The number of amides is 3. The lowest BCUT2D eigenvalue weighted by atomic mass is 10.2. The maximum absolute atomic E-state index is 12.1. The molecule has 0 aliphatic carbocycles. The fourth-order valence-electron chi connectivity index (χ4n) is 2.26. The quantitative estimate of drug-likeness (QED) is 0.561. The number of urea groups is 1. The number of aryl methyl sites for hydroxylation is 1. The largest absolute Gasteiger partial charge is 0.351 e. The van der Waals surface area contributed by atoms with Crippen LogP contribution in [-0.4, -0.2) is 26.6 Å². The molecule has 0 unspecified atom stereocenters. The Hall–Kier alpha value is -3.43. The first kappa shape index (κ1) is 16.9. The summed E-state index contributed by atoms with van der Waals surface area (Å²) in [6.45, 7) is 2.87. The molecule has 0 saturated heterocycles. The number of nitrogens with zero attached hydrogens (tertiary/aromatic N) is 3. The number of anilines is 2. The summed E-state index contributed by atoms with van der Waals surface area (Å²) in [7, 11) is 0. The molecule has 0 radical (unpaired) electrons. The van der Waals surface area contributed by atoms with Gasteiger partial charge in [-0.1, -0.05) is 6.07 Å². The lowest BCUT2D eigenvalue weighted by Gasteiger charge is -2.08. The molecule has 10 heteroatoms. The summed E-state index contributed by atoms with van der Waals surface area (Å²) in [5.74, 6) is -0.410. The van der Waals surface area contributed by atoms with Crippen LogP contribution in [0.4, 0.5) is 21.9 Å². The average Bonchev–Trinajstić information content (AvgIpc) is 2.72. The van der Waals surface area contributed by atoms with Crippen molar-refractivity contribution in [1.29, 1.82) is 0 Å². The minimum atomic E-state index is -0.714. The fourth-order valence-corrected chi connectivity index (χ4v) is 2.26. The van der Waals surface area contributed by atoms with E-state index in [0.717, 1.165) is 0 Å². The van der Waals surface area contributed by atoms with Crippen LogP contribution in [0.3, 0.4) is 0 Å². The SMILES string of the molecule is Cc1nn(CC(=O)Nc2cccc(NC(N)=O)c2)c(C)c1[N+](=O)[O-]. The first-order valence-electron chi connectivity index (χ1n) is 6.92. The molecule has 2 aromatic rings. The van der Waals surface area contributed by atoms with Gasteiger partial charge in [-0.05, 0) is 32.0 Å². The lowest BCUT2D eigenvalue weighted by Crippen LogP contribution is -2.21. The molecule has 0 aliphatic rings. The minimum absolute atomic E-state index is 0.101. The van der Waals surface area contributed by atoms with Crippen molar-refractivity contribution in [3.05, 3.63) is 45.8 Å². The highest BCUT2D eigenvalue weighted by atomic mass is 16.6. The summed E-state index contributed by atoms with van der Waals surface area (Å²) >= 11 is 0. The predicted molar refractivity (Wildman–Crippen MR) is 86.6 cm³/mol. The molecule has 10 nitrogen and oxygen atoms in total. The number of aromatic nitrogens is 2. The Bertz CT molecular complexity index is 814. The van der Waals surface area contributed by atoms with E-state index in [-0.39, 0.29) is 17.9 Å². The van der Waals surface area contributed by atoms with E-state index in [9.17, 15) is 19.7 Å². The van der Waals surface area contributed by atoms with Crippen molar-refractivity contribution in [1.82, 2.24) is 9.78 Å². The van der Waals surface area contributed by atoms with Crippen LogP contribution in [0.2, 0.25) is 0 Å². The van der Waals surface area contributed by atoms with E-state index in [0.29, 0.717) is 17.1 Å². The molecule has 126 valence electrons. The van der Waals surface area contributed by atoms with Crippen molar-refractivity contribution in [2.75, 3.05) is 10.6 Å². The van der Waals surface area contributed by atoms with E-state index >= 15 is 0 Å². The van der Waals surface area contributed by atoms with Crippen LogP contribution < -0.4 is 16.4 Å². The second-order valence-electron chi connectivity index (χ2n) is 5.05. The Morgan fingerprint density at radius 2 is 1.92 bits per heavy atom. The van der Waals surface area contributed by atoms with Crippen molar-refractivity contribution in [3.63, 3.8) is 0 Å². The van der Waals surface area contributed by atoms with Crippen LogP contribution in [0.15, 0.2) is 24.3 Å². The number of benzene rings is 1. The highest BCUT2D eigenvalue weighted by molar-refractivity contribution is 5.93. The van der Waals surface area contributed by atoms with Crippen molar-refractivity contribution >= 4 is 29.0 Å². The molecular weight excluding hydrogens is 316 g/mol. The zero-order valence-electron chi connectivity index (χ0n) is 13.1. The van der Waals surface area contributed by atoms with Gasteiger partial charge in [0.05, 0.1) is 4.92 Å². The van der Waals surface area contributed by atoms with Crippen LogP contribution in [-0.2, 0) is 11.3 Å². The molecule has 1 aromatic carbocycles. The van der Waals surface area contributed by atoms with Gasteiger partial charge in [-0.25, -0.2) is 4.79 Å². The highest BCUT2D eigenvalue weighted by Crippen LogP contribution is 2.22. The second-order valence-corrected chi connectivity index (χ2v) is 5.05. The summed E-state index contributed by atoms with van der Waals surface area (Å²) in [5, 5.41) is 20.0. The van der Waals surface area contributed by atoms with Crippen molar-refractivity contribution < 1.29 is 14.5 Å². The number of nitrogens with one attached hydrogen (secondary N) is 2. The zero-order valence-corrected chi connectivity index (χ0v) is 13.1. The van der Waals surface area contributed by atoms with Crippen LogP contribution in [0, 0.1) is 24.0 Å². The van der Waals surface area contributed by atoms with Crippen LogP contribution >= 0.6 is 0 Å². The Balaban J connectivity index is 2.10. The van der Waals surface area contributed by atoms with Gasteiger partial charge >= 0.3 is 11.7 Å². The summed E-state index contributed by atoms with van der Waals surface area (Å²) in [5.41, 5.74) is 6.36. The van der Waals surface area contributed by atoms with Gasteiger partial charge in [0.15, 0.2) is 0 Å². The Kier molecular flexibility index (Phi) is 4.78. The molecule has 0 bridgehead atoms. The number of rotatable bonds is 5. The summed E-state index contributed by atoms with van der Waals surface area (Å²) in [4.78, 5) is 33.4. The third-order valence-electron chi connectivity index (χ3n) is 3.23. The summed E-state index contributed by atoms with van der Waals surface area (Å²) in [6, 6.07) is 5.70. The van der Waals surface area contributed by atoms with Gasteiger partial charge in [0.25, 0.3) is 0 Å². The average molecular weight is 332 g/mol. The highest BCUT2D eigenvalue weighted by Gasteiger charge is 2.22. The standard InChI is InChI=1S/C14H16N6O4/c1-8-13(20(23)24)9(2)19(18-8)7-12(21)16-10-4-3-5-11(6-10)17-14(15)22/h3-6H,7H2,1-2H3,(H,16,21)(H3,15,17,22). The number of carbonyl (C=O) groups excluding carboxylic acids is 2. The maximum Gasteiger partial charge on any atom is 0.316 e. The van der Waals surface area contributed by atoms with Crippen LogP contribution in [0.25, 0.3) is 0 Å². The van der Waals surface area contributed by atoms with Gasteiger partial charge in [0.2, 0.25) is 5.91 Å². The molecule has 0 spiro atoms. The van der Waals surface area contributed by atoms with Crippen molar-refractivity contribution in [2.45, 2.75) is 20.4 Å². The topological polar surface area (TPSA) is 145 Å².